The highest BCUT2D eigenvalue weighted by atomic mass is 16.5. The molecule has 1 fully saturated rings. The Morgan fingerprint density at radius 2 is 2.00 bits per heavy atom. The maximum absolute atomic E-state index is 11.8. The van der Waals surface area contributed by atoms with E-state index in [2.05, 4.69) is 5.32 Å². The van der Waals surface area contributed by atoms with Crippen molar-refractivity contribution in [2.24, 2.45) is 17.3 Å². The van der Waals surface area contributed by atoms with Gasteiger partial charge in [0.15, 0.2) is 0 Å². The van der Waals surface area contributed by atoms with Gasteiger partial charge in [-0.05, 0) is 11.8 Å². The van der Waals surface area contributed by atoms with Gasteiger partial charge in [-0.25, -0.2) is 0 Å². The molecule has 0 aliphatic heterocycles. The Kier molecular flexibility index (Phi) is 4.70. The van der Waals surface area contributed by atoms with Crippen molar-refractivity contribution in [1.29, 1.82) is 0 Å². The lowest BCUT2D eigenvalue weighted by Crippen LogP contribution is -2.31. The third kappa shape index (κ3) is 3.20. The summed E-state index contributed by atoms with van der Waals surface area (Å²) in [6.45, 7) is 4.09. The van der Waals surface area contributed by atoms with Crippen LogP contribution in [-0.4, -0.2) is 48.5 Å². The number of carbonyl (C=O) groups is 2. The number of ether oxygens (including phenoxy) is 1. The number of amides is 1. The molecule has 3 atom stereocenters. The van der Waals surface area contributed by atoms with E-state index in [1.807, 2.05) is 0 Å². The number of aliphatic carboxylic acids is 1. The van der Waals surface area contributed by atoms with Gasteiger partial charge in [0.1, 0.15) is 0 Å². The van der Waals surface area contributed by atoms with Crippen molar-refractivity contribution in [3.05, 3.63) is 0 Å². The molecule has 0 aromatic rings. The summed E-state index contributed by atoms with van der Waals surface area (Å²) in [5.74, 6) is -2.27. The van der Waals surface area contributed by atoms with Gasteiger partial charge in [-0.1, -0.05) is 13.8 Å². The lowest BCUT2D eigenvalue weighted by atomic mass is 10.1. The Bertz CT molecular complexity index is 328. The fourth-order valence-corrected chi connectivity index (χ4v) is 2.34. The van der Waals surface area contributed by atoms with E-state index in [4.69, 9.17) is 9.84 Å². The van der Waals surface area contributed by atoms with Gasteiger partial charge in [-0.3, -0.25) is 9.59 Å². The number of hydrogen-bond acceptors (Lipinski definition) is 4. The van der Waals surface area contributed by atoms with E-state index in [0.29, 0.717) is 13.0 Å². The standard InChI is InChI=1S/C12H21NO5/c1-12(2)8(9(12)11(16)17)10(15)13-5-4-7(14)6-18-3/h7-9,14H,4-6H2,1-3H3,(H,13,15)(H,16,17)/t7?,8-,9+/m1/s1. The van der Waals surface area contributed by atoms with Crippen LogP contribution in [-0.2, 0) is 14.3 Å². The maximum atomic E-state index is 11.8. The molecule has 6 heteroatoms. The molecule has 0 heterocycles. The second-order valence-electron chi connectivity index (χ2n) is 5.30. The normalized spacial score (nSPS) is 26.4. The van der Waals surface area contributed by atoms with Crippen LogP contribution in [0, 0.1) is 17.3 Å². The van der Waals surface area contributed by atoms with Gasteiger partial charge < -0.3 is 20.3 Å². The van der Waals surface area contributed by atoms with Crippen LogP contribution < -0.4 is 5.32 Å². The number of aliphatic hydroxyl groups excluding tert-OH is 1. The predicted molar refractivity (Wildman–Crippen MR) is 63.9 cm³/mol. The molecule has 1 aliphatic rings. The number of carboxylic acids is 1. The van der Waals surface area contributed by atoms with Crippen LogP contribution in [0.4, 0.5) is 0 Å². The summed E-state index contributed by atoms with van der Waals surface area (Å²) >= 11 is 0. The number of nitrogens with one attached hydrogen (secondary N) is 1. The fraction of sp³-hybridized carbons (Fsp3) is 0.833. The highest BCUT2D eigenvalue weighted by Gasteiger charge is 2.65. The van der Waals surface area contributed by atoms with Crippen LogP contribution in [0.2, 0.25) is 0 Å². The van der Waals surface area contributed by atoms with Crippen molar-refractivity contribution in [3.63, 3.8) is 0 Å². The van der Waals surface area contributed by atoms with Crippen molar-refractivity contribution < 1.29 is 24.5 Å². The van der Waals surface area contributed by atoms with Crippen molar-refractivity contribution in [2.45, 2.75) is 26.4 Å². The minimum atomic E-state index is -0.931. The van der Waals surface area contributed by atoms with Crippen molar-refractivity contribution in [1.82, 2.24) is 5.32 Å². The number of hydrogen-bond donors (Lipinski definition) is 3. The molecular weight excluding hydrogens is 238 g/mol. The van der Waals surface area contributed by atoms with E-state index in [0.717, 1.165) is 0 Å². The fourth-order valence-electron chi connectivity index (χ4n) is 2.34. The second-order valence-corrected chi connectivity index (χ2v) is 5.30. The van der Waals surface area contributed by atoms with Crippen LogP contribution >= 0.6 is 0 Å². The Morgan fingerprint density at radius 1 is 1.39 bits per heavy atom. The average Bonchev–Trinajstić information content (AvgIpc) is 2.82. The van der Waals surface area contributed by atoms with E-state index in [1.165, 1.54) is 7.11 Å². The molecule has 1 rings (SSSR count). The van der Waals surface area contributed by atoms with Gasteiger partial charge in [-0.15, -0.1) is 0 Å². The van der Waals surface area contributed by atoms with E-state index < -0.39 is 29.3 Å². The first-order valence-corrected chi connectivity index (χ1v) is 6.00. The number of rotatable bonds is 7. The monoisotopic (exact) mass is 259 g/mol. The Morgan fingerprint density at radius 3 is 2.44 bits per heavy atom. The number of carbonyl (C=O) groups excluding carboxylic acids is 1. The van der Waals surface area contributed by atoms with Crippen molar-refractivity contribution in [2.75, 3.05) is 20.3 Å². The topological polar surface area (TPSA) is 95.9 Å². The Hall–Kier alpha value is -1.14. The predicted octanol–water partition coefficient (Wildman–Crippen LogP) is -0.143. The molecule has 104 valence electrons. The molecule has 0 aromatic carbocycles. The first-order valence-electron chi connectivity index (χ1n) is 6.00. The molecular formula is C12H21NO5. The van der Waals surface area contributed by atoms with Crippen LogP contribution in [0.5, 0.6) is 0 Å². The maximum Gasteiger partial charge on any atom is 0.307 e. The molecule has 3 N–H and O–H groups in total. The molecule has 1 amide bonds. The molecule has 0 bridgehead atoms. The summed E-state index contributed by atoms with van der Waals surface area (Å²) in [4.78, 5) is 22.7. The SMILES string of the molecule is COCC(O)CCNC(=O)[C@H]1[C@@H](C(=O)O)C1(C)C. The average molecular weight is 259 g/mol. The first-order chi connectivity index (χ1) is 8.32. The number of carboxylic acid groups (broad SMARTS) is 1. The molecule has 0 radical (unpaired) electrons. The largest absolute Gasteiger partial charge is 0.481 e. The zero-order valence-corrected chi connectivity index (χ0v) is 11.0. The van der Waals surface area contributed by atoms with Gasteiger partial charge in [0.05, 0.1) is 24.5 Å². The minimum absolute atomic E-state index is 0.225. The molecule has 1 aliphatic carbocycles. The molecule has 0 spiro atoms. The number of methoxy groups -OCH3 is 1. The molecule has 0 saturated heterocycles. The molecule has 1 saturated carbocycles. The number of aliphatic hydroxyl groups is 1. The van der Waals surface area contributed by atoms with E-state index in [-0.39, 0.29) is 12.5 Å². The zero-order chi connectivity index (χ0) is 13.9. The summed E-state index contributed by atoms with van der Waals surface area (Å²) in [6, 6.07) is 0. The lowest BCUT2D eigenvalue weighted by Gasteiger charge is -2.10. The lowest BCUT2D eigenvalue weighted by molar-refractivity contribution is -0.140. The van der Waals surface area contributed by atoms with Gasteiger partial charge in [-0.2, -0.15) is 0 Å². The highest BCUT2D eigenvalue weighted by molar-refractivity contribution is 5.91. The van der Waals surface area contributed by atoms with Gasteiger partial charge in [0.25, 0.3) is 0 Å². The Labute approximate surface area is 106 Å². The summed E-state index contributed by atoms with van der Waals surface area (Å²) in [6.07, 6.45) is -0.220. The van der Waals surface area contributed by atoms with Crippen LogP contribution in [0.1, 0.15) is 20.3 Å². The van der Waals surface area contributed by atoms with Crippen LogP contribution in [0.3, 0.4) is 0 Å². The third-order valence-electron chi connectivity index (χ3n) is 3.51. The van der Waals surface area contributed by atoms with Gasteiger partial charge in [0.2, 0.25) is 5.91 Å². The summed E-state index contributed by atoms with van der Waals surface area (Å²) in [5.41, 5.74) is -0.485. The zero-order valence-electron chi connectivity index (χ0n) is 11.0. The Balaban J connectivity index is 2.33. The first kappa shape index (κ1) is 14.9. The van der Waals surface area contributed by atoms with Crippen molar-refractivity contribution in [3.8, 4) is 0 Å². The second kappa shape index (κ2) is 5.67. The van der Waals surface area contributed by atoms with Gasteiger partial charge in [0, 0.05) is 13.7 Å². The smallest absolute Gasteiger partial charge is 0.307 e. The quantitative estimate of drug-likeness (QED) is 0.591. The molecule has 18 heavy (non-hydrogen) atoms. The summed E-state index contributed by atoms with van der Waals surface area (Å²) < 4.78 is 4.76. The molecule has 0 aromatic heterocycles. The summed E-state index contributed by atoms with van der Waals surface area (Å²) in [7, 11) is 1.49. The van der Waals surface area contributed by atoms with Crippen LogP contribution in [0.15, 0.2) is 0 Å². The highest BCUT2D eigenvalue weighted by Crippen LogP contribution is 2.58. The van der Waals surface area contributed by atoms with Crippen molar-refractivity contribution >= 4 is 11.9 Å². The minimum Gasteiger partial charge on any atom is -0.481 e. The third-order valence-corrected chi connectivity index (χ3v) is 3.51. The molecule has 1 unspecified atom stereocenters. The van der Waals surface area contributed by atoms with E-state index >= 15 is 0 Å². The summed E-state index contributed by atoms with van der Waals surface area (Å²) in [5, 5.41) is 21.0. The van der Waals surface area contributed by atoms with Gasteiger partial charge >= 0.3 is 5.97 Å². The van der Waals surface area contributed by atoms with E-state index in [9.17, 15) is 14.7 Å². The van der Waals surface area contributed by atoms with Crippen LogP contribution in [0.25, 0.3) is 0 Å². The molecule has 6 nitrogen and oxygen atoms in total. The van der Waals surface area contributed by atoms with E-state index in [1.54, 1.807) is 13.8 Å².